The molecule has 0 radical (unpaired) electrons. The van der Waals surface area contributed by atoms with E-state index in [-0.39, 0.29) is 6.09 Å². The van der Waals surface area contributed by atoms with Crippen molar-refractivity contribution in [1.82, 2.24) is 15.1 Å². The molecule has 1 N–H and O–H groups in total. The molecule has 2 fully saturated rings. The highest BCUT2D eigenvalue weighted by Gasteiger charge is 2.39. The fourth-order valence-electron chi connectivity index (χ4n) is 2.54. The van der Waals surface area contributed by atoms with Gasteiger partial charge in [0, 0.05) is 44.8 Å². The molecule has 0 saturated carbocycles. The van der Waals surface area contributed by atoms with Crippen molar-refractivity contribution < 1.29 is 9.53 Å². The van der Waals surface area contributed by atoms with E-state index < -0.39 is 5.60 Å². The van der Waals surface area contributed by atoms with E-state index in [9.17, 15) is 4.79 Å². The van der Waals surface area contributed by atoms with Crippen molar-refractivity contribution in [2.75, 3.05) is 32.7 Å². The summed E-state index contributed by atoms with van der Waals surface area (Å²) in [7, 11) is 0. The van der Waals surface area contributed by atoms with Gasteiger partial charge in [-0.1, -0.05) is 0 Å². The van der Waals surface area contributed by atoms with Crippen LogP contribution in [0.3, 0.4) is 0 Å². The van der Waals surface area contributed by atoms with Crippen molar-refractivity contribution in [2.45, 2.75) is 45.4 Å². The molecule has 18 heavy (non-hydrogen) atoms. The van der Waals surface area contributed by atoms with E-state index in [1.54, 1.807) is 4.90 Å². The van der Waals surface area contributed by atoms with Gasteiger partial charge < -0.3 is 15.0 Å². The predicted molar refractivity (Wildman–Crippen MR) is 70.6 cm³/mol. The molecule has 0 unspecified atom stereocenters. The van der Waals surface area contributed by atoms with Crippen molar-refractivity contribution >= 4 is 6.09 Å². The van der Waals surface area contributed by atoms with Crippen molar-refractivity contribution in [1.29, 1.82) is 0 Å². The highest BCUT2D eigenvalue weighted by atomic mass is 16.6. The Bertz CT molecular complexity index is 308. The number of hydrogen-bond acceptors (Lipinski definition) is 4. The van der Waals surface area contributed by atoms with Gasteiger partial charge in [-0.15, -0.1) is 0 Å². The molecule has 0 bridgehead atoms. The van der Waals surface area contributed by atoms with Gasteiger partial charge in [-0.2, -0.15) is 0 Å². The van der Waals surface area contributed by atoms with Crippen molar-refractivity contribution in [3.05, 3.63) is 0 Å². The molecule has 0 aromatic carbocycles. The van der Waals surface area contributed by atoms with Crippen LogP contribution in [0.5, 0.6) is 0 Å². The largest absolute Gasteiger partial charge is 0.444 e. The van der Waals surface area contributed by atoms with E-state index in [4.69, 9.17) is 4.74 Å². The Morgan fingerprint density at radius 2 is 2.00 bits per heavy atom. The zero-order chi connectivity index (χ0) is 13.3. The number of nitrogens with zero attached hydrogens (tertiary/aromatic N) is 2. The van der Waals surface area contributed by atoms with Gasteiger partial charge in [0.05, 0.1) is 0 Å². The maximum atomic E-state index is 11.8. The fourth-order valence-corrected chi connectivity index (χ4v) is 2.54. The molecule has 5 nitrogen and oxygen atoms in total. The van der Waals surface area contributed by atoms with Crippen LogP contribution < -0.4 is 5.32 Å². The van der Waals surface area contributed by atoms with Crippen molar-refractivity contribution in [3.63, 3.8) is 0 Å². The first kappa shape index (κ1) is 13.6. The van der Waals surface area contributed by atoms with Crippen LogP contribution in [0, 0.1) is 0 Å². The summed E-state index contributed by atoms with van der Waals surface area (Å²) in [5, 5.41) is 3.39. The standard InChI is InChI=1S/C13H25N3O2/c1-10-7-14-5-6-16(10)11-8-15(9-11)12(17)18-13(2,3)4/h10-11,14H,5-9H2,1-4H3/t10-/m1/s1. The number of carbonyl (C=O) groups excluding carboxylic acids is 1. The summed E-state index contributed by atoms with van der Waals surface area (Å²) in [4.78, 5) is 16.1. The van der Waals surface area contributed by atoms with Crippen molar-refractivity contribution in [3.8, 4) is 0 Å². The molecule has 5 heteroatoms. The molecular formula is C13H25N3O2. The molecule has 0 aliphatic carbocycles. The fraction of sp³-hybridized carbons (Fsp3) is 0.923. The lowest BCUT2D eigenvalue weighted by atomic mass is 10.0. The number of likely N-dealkylation sites (tertiary alicyclic amines) is 1. The Morgan fingerprint density at radius 3 is 2.56 bits per heavy atom. The van der Waals surface area contributed by atoms with Crippen LogP contribution in [-0.2, 0) is 4.74 Å². The van der Waals surface area contributed by atoms with Gasteiger partial charge in [0.25, 0.3) is 0 Å². The molecular weight excluding hydrogens is 230 g/mol. The summed E-state index contributed by atoms with van der Waals surface area (Å²) in [5.74, 6) is 0. The minimum atomic E-state index is -0.398. The molecule has 2 aliphatic rings. The van der Waals surface area contributed by atoms with Crippen LogP contribution in [0.15, 0.2) is 0 Å². The molecule has 2 aliphatic heterocycles. The first-order valence-corrected chi connectivity index (χ1v) is 6.81. The van der Waals surface area contributed by atoms with Gasteiger partial charge in [-0.05, 0) is 27.7 Å². The zero-order valence-corrected chi connectivity index (χ0v) is 11.9. The lowest BCUT2D eigenvalue weighted by Gasteiger charge is -2.49. The number of piperazine rings is 1. The summed E-state index contributed by atoms with van der Waals surface area (Å²) >= 11 is 0. The maximum absolute atomic E-state index is 11.8. The van der Waals surface area contributed by atoms with Gasteiger partial charge in [-0.25, -0.2) is 4.79 Å². The number of amides is 1. The summed E-state index contributed by atoms with van der Waals surface area (Å²) < 4.78 is 5.36. The number of carbonyl (C=O) groups is 1. The second-order valence-corrected chi connectivity index (χ2v) is 6.33. The van der Waals surface area contributed by atoms with Gasteiger partial charge >= 0.3 is 6.09 Å². The Morgan fingerprint density at radius 1 is 1.33 bits per heavy atom. The van der Waals surface area contributed by atoms with Gasteiger partial charge in [0.1, 0.15) is 5.60 Å². The molecule has 104 valence electrons. The van der Waals surface area contributed by atoms with E-state index in [0.717, 1.165) is 32.7 Å². The average molecular weight is 255 g/mol. The molecule has 0 aromatic heterocycles. The molecule has 0 aromatic rings. The molecule has 1 atom stereocenters. The third-order valence-electron chi connectivity index (χ3n) is 3.54. The third kappa shape index (κ3) is 3.14. The predicted octanol–water partition coefficient (Wildman–Crippen LogP) is 0.899. The van der Waals surface area contributed by atoms with E-state index in [2.05, 4.69) is 17.1 Å². The smallest absolute Gasteiger partial charge is 0.410 e. The van der Waals surface area contributed by atoms with Gasteiger partial charge in [-0.3, -0.25) is 4.90 Å². The van der Waals surface area contributed by atoms with Crippen LogP contribution in [-0.4, -0.2) is 66.3 Å². The number of ether oxygens (including phenoxy) is 1. The van der Waals surface area contributed by atoms with Crippen LogP contribution in [0.25, 0.3) is 0 Å². The van der Waals surface area contributed by atoms with Gasteiger partial charge in [0.15, 0.2) is 0 Å². The number of nitrogens with one attached hydrogen (secondary N) is 1. The quantitative estimate of drug-likeness (QED) is 0.756. The minimum Gasteiger partial charge on any atom is -0.444 e. The Hall–Kier alpha value is -0.810. The van der Waals surface area contributed by atoms with E-state index in [0.29, 0.717) is 12.1 Å². The molecule has 1 amide bonds. The zero-order valence-electron chi connectivity index (χ0n) is 11.9. The minimum absolute atomic E-state index is 0.179. The summed E-state index contributed by atoms with van der Waals surface area (Å²) in [6.45, 7) is 12.7. The highest BCUT2D eigenvalue weighted by Crippen LogP contribution is 2.21. The lowest BCUT2D eigenvalue weighted by Crippen LogP contribution is -2.66. The third-order valence-corrected chi connectivity index (χ3v) is 3.54. The molecule has 0 spiro atoms. The number of hydrogen-bond donors (Lipinski definition) is 1. The Kier molecular flexibility index (Phi) is 3.82. The second kappa shape index (κ2) is 5.05. The monoisotopic (exact) mass is 255 g/mol. The summed E-state index contributed by atoms with van der Waals surface area (Å²) in [6.07, 6.45) is -0.179. The normalized spacial score (nSPS) is 26.9. The van der Waals surface area contributed by atoms with Crippen LogP contribution >= 0.6 is 0 Å². The maximum Gasteiger partial charge on any atom is 0.410 e. The average Bonchev–Trinajstić information content (AvgIpc) is 2.15. The van der Waals surface area contributed by atoms with E-state index >= 15 is 0 Å². The highest BCUT2D eigenvalue weighted by molar-refractivity contribution is 5.69. The second-order valence-electron chi connectivity index (χ2n) is 6.33. The number of rotatable bonds is 1. The summed E-state index contributed by atoms with van der Waals surface area (Å²) in [6, 6.07) is 1.07. The SMILES string of the molecule is C[C@@H]1CNCCN1C1CN(C(=O)OC(C)(C)C)C1. The Balaban J connectivity index is 1.78. The van der Waals surface area contributed by atoms with Crippen LogP contribution in [0.4, 0.5) is 4.79 Å². The molecule has 2 heterocycles. The van der Waals surface area contributed by atoms with E-state index in [1.165, 1.54) is 0 Å². The summed E-state index contributed by atoms with van der Waals surface area (Å²) in [5.41, 5.74) is -0.398. The topological polar surface area (TPSA) is 44.8 Å². The van der Waals surface area contributed by atoms with Gasteiger partial charge in [0.2, 0.25) is 0 Å². The van der Waals surface area contributed by atoms with Crippen LogP contribution in [0.2, 0.25) is 0 Å². The first-order valence-electron chi connectivity index (χ1n) is 6.81. The Labute approximate surface area is 109 Å². The molecule has 2 rings (SSSR count). The first-order chi connectivity index (χ1) is 8.37. The van der Waals surface area contributed by atoms with Crippen molar-refractivity contribution in [2.24, 2.45) is 0 Å². The molecule has 2 saturated heterocycles. The lowest BCUT2D eigenvalue weighted by molar-refractivity contribution is -0.0268. The van der Waals surface area contributed by atoms with Crippen LogP contribution in [0.1, 0.15) is 27.7 Å². The van der Waals surface area contributed by atoms with E-state index in [1.807, 2.05) is 20.8 Å².